The first kappa shape index (κ1) is 13.8. The molecule has 17 heavy (non-hydrogen) atoms. The molecular weight excluding hydrogens is 238 g/mol. The zero-order valence-electron chi connectivity index (χ0n) is 10.2. The van der Waals surface area contributed by atoms with Crippen LogP contribution in [0.1, 0.15) is 43.6 Å². The van der Waals surface area contributed by atoms with Gasteiger partial charge in [0.15, 0.2) is 0 Å². The molecule has 0 spiro atoms. The van der Waals surface area contributed by atoms with Gasteiger partial charge in [-0.15, -0.1) is 0 Å². The van der Waals surface area contributed by atoms with E-state index in [1.54, 1.807) is 12.1 Å². The quantitative estimate of drug-likeness (QED) is 0.850. The first-order chi connectivity index (χ1) is 8.08. The van der Waals surface area contributed by atoms with E-state index in [0.29, 0.717) is 10.8 Å². The number of aromatic nitrogens is 1. The van der Waals surface area contributed by atoms with Crippen LogP contribution in [0.5, 0.6) is 0 Å². The highest BCUT2D eigenvalue weighted by molar-refractivity contribution is 6.33. The van der Waals surface area contributed by atoms with Crippen LogP contribution in [0.25, 0.3) is 0 Å². The van der Waals surface area contributed by atoms with Crippen molar-refractivity contribution in [3.05, 3.63) is 22.8 Å². The number of pyridine rings is 1. The number of hydrogen-bond donors (Lipinski definition) is 2. The molecule has 1 aromatic rings. The minimum atomic E-state index is -0.261. The smallest absolute Gasteiger partial charge is 0.271 e. The van der Waals surface area contributed by atoms with Gasteiger partial charge in [-0.05, 0) is 25.0 Å². The summed E-state index contributed by atoms with van der Waals surface area (Å²) < 4.78 is 0. The lowest BCUT2D eigenvalue weighted by Crippen LogP contribution is -2.35. The Morgan fingerprint density at radius 1 is 1.53 bits per heavy atom. The molecule has 5 heteroatoms. The molecule has 1 unspecified atom stereocenters. The van der Waals surface area contributed by atoms with Gasteiger partial charge in [0.1, 0.15) is 11.5 Å². The van der Waals surface area contributed by atoms with Crippen LogP contribution < -0.4 is 11.1 Å². The van der Waals surface area contributed by atoms with Gasteiger partial charge in [-0.25, -0.2) is 4.98 Å². The lowest BCUT2D eigenvalue weighted by atomic mass is 10.1. The molecule has 1 amide bonds. The number of halogens is 1. The van der Waals surface area contributed by atoms with Gasteiger partial charge in [0.25, 0.3) is 5.91 Å². The Labute approximate surface area is 107 Å². The molecule has 1 heterocycles. The third kappa shape index (κ3) is 3.89. The average molecular weight is 256 g/mol. The Morgan fingerprint density at radius 2 is 2.24 bits per heavy atom. The van der Waals surface area contributed by atoms with Gasteiger partial charge in [0, 0.05) is 6.04 Å². The zero-order valence-corrected chi connectivity index (χ0v) is 10.9. The van der Waals surface area contributed by atoms with Gasteiger partial charge in [-0.1, -0.05) is 31.9 Å². The fraction of sp³-hybridized carbons (Fsp3) is 0.500. The number of amides is 1. The Hall–Kier alpha value is -1.29. The topological polar surface area (TPSA) is 68.0 Å². The average Bonchev–Trinajstić information content (AvgIpc) is 2.31. The van der Waals surface area contributed by atoms with Gasteiger partial charge in [0.05, 0.1) is 5.02 Å². The van der Waals surface area contributed by atoms with Crippen molar-refractivity contribution in [1.82, 2.24) is 10.3 Å². The molecule has 0 saturated heterocycles. The maximum atomic E-state index is 11.9. The summed E-state index contributed by atoms with van der Waals surface area (Å²) in [5.41, 5.74) is 5.73. The molecule has 1 atom stereocenters. The summed E-state index contributed by atoms with van der Waals surface area (Å²) >= 11 is 5.92. The Balaban J connectivity index is 2.78. The molecule has 4 nitrogen and oxygen atoms in total. The van der Waals surface area contributed by atoms with Gasteiger partial charge < -0.3 is 11.1 Å². The van der Waals surface area contributed by atoms with Crippen molar-refractivity contribution < 1.29 is 4.79 Å². The lowest BCUT2D eigenvalue weighted by Gasteiger charge is -2.16. The van der Waals surface area contributed by atoms with Crippen LogP contribution in [0.4, 0.5) is 5.82 Å². The van der Waals surface area contributed by atoms with E-state index in [1.165, 1.54) is 0 Å². The number of anilines is 1. The molecule has 0 aromatic carbocycles. The lowest BCUT2D eigenvalue weighted by molar-refractivity contribution is 0.0929. The van der Waals surface area contributed by atoms with Gasteiger partial charge in [0.2, 0.25) is 0 Å². The van der Waals surface area contributed by atoms with Gasteiger partial charge >= 0.3 is 0 Å². The predicted molar refractivity (Wildman–Crippen MR) is 70.1 cm³/mol. The number of rotatable bonds is 5. The molecule has 0 aliphatic rings. The molecule has 0 fully saturated rings. The van der Waals surface area contributed by atoms with E-state index in [-0.39, 0.29) is 17.6 Å². The summed E-state index contributed by atoms with van der Waals surface area (Å²) in [6.45, 7) is 4.12. The molecule has 94 valence electrons. The number of nitrogens with one attached hydrogen (secondary N) is 1. The molecule has 1 rings (SSSR count). The third-order valence-corrected chi connectivity index (χ3v) is 2.85. The maximum absolute atomic E-state index is 11.9. The molecule has 0 saturated carbocycles. The highest BCUT2D eigenvalue weighted by Crippen LogP contribution is 2.15. The van der Waals surface area contributed by atoms with Crippen molar-refractivity contribution >= 4 is 23.3 Å². The minimum absolute atomic E-state index is 0.159. The molecule has 3 N–H and O–H groups in total. The fourth-order valence-electron chi connectivity index (χ4n) is 1.60. The van der Waals surface area contributed by atoms with Crippen LogP contribution in [-0.4, -0.2) is 16.9 Å². The van der Waals surface area contributed by atoms with Crippen LogP contribution in [0.2, 0.25) is 5.02 Å². The number of nitrogens with two attached hydrogens (primary N) is 1. The number of carbonyl (C=O) groups is 1. The van der Waals surface area contributed by atoms with Crippen molar-refractivity contribution in [1.29, 1.82) is 0 Å². The fourth-order valence-corrected chi connectivity index (χ4v) is 1.79. The normalized spacial score (nSPS) is 12.2. The van der Waals surface area contributed by atoms with Crippen LogP contribution in [0.3, 0.4) is 0 Å². The van der Waals surface area contributed by atoms with E-state index in [1.807, 2.05) is 6.92 Å². The number of nitrogens with zero attached hydrogens (tertiary/aromatic N) is 1. The monoisotopic (exact) mass is 255 g/mol. The molecule has 0 bridgehead atoms. The van der Waals surface area contributed by atoms with Crippen molar-refractivity contribution in [2.24, 2.45) is 0 Å². The molecular formula is C12H18ClN3O. The largest absolute Gasteiger partial charge is 0.384 e. The molecule has 0 radical (unpaired) electrons. The second kappa shape index (κ2) is 6.45. The standard InChI is InChI=1S/C12H18ClN3O/c1-3-5-8(4-2)15-12(17)11-9(13)6-7-10(14)16-11/h6-8H,3-5H2,1-2H3,(H2,14,16)(H,15,17). The van der Waals surface area contributed by atoms with Crippen LogP contribution in [0, 0.1) is 0 Å². The second-order valence-electron chi connectivity index (χ2n) is 3.93. The Morgan fingerprint density at radius 3 is 2.82 bits per heavy atom. The highest BCUT2D eigenvalue weighted by Gasteiger charge is 2.15. The van der Waals surface area contributed by atoms with Gasteiger partial charge in [-0.3, -0.25) is 4.79 Å². The third-order valence-electron chi connectivity index (χ3n) is 2.55. The summed E-state index contributed by atoms with van der Waals surface area (Å²) in [7, 11) is 0. The van der Waals surface area contributed by atoms with E-state index in [2.05, 4.69) is 17.2 Å². The Bertz CT molecular complexity index is 395. The summed E-state index contributed by atoms with van der Waals surface area (Å²) in [4.78, 5) is 15.9. The number of nitrogen functional groups attached to an aromatic ring is 1. The predicted octanol–water partition coefficient (Wildman–Crippen LogP) is 2.63. The van der Waals surface area contributed by atoms with Crippen molar-refractivity contribution in [3.63, 3.8) is 0 Å². The first-order valence-corrected chi connectivity index (χ1v) is 6.19. The van der Waals surface area contributed by atoms with Crippen molar-refractivity contribution in [3.8, 4) is 0 Å². The molecule has 0 aliphatic carbocycles. The van der Waals surface area contributed by atoms with E-state index in [0.717, 1.165) is 19.3 Å². The number of carbonyl (C=O) groups excluding carboxylic acids is 1. The second-order valence-corrected chi connectivity index (χ2v) is 4.34. The summed E-state index contributed by atoms with van der Waals surface area (Å²) in [5, 5.41) is 3.23. The molecule has 1 aromatic heterocycles. The summed E-state index contributed by atoms with van der Waals surface area (Å²) in [5.74, 6) is 0.0330. The van der Waals surface area contributed by atoms with Gasteiger partial charge in [-0.2, -0.15) is 0 Å². The van der Waals surface area contributed by atoms with E-state index < -0.39 is 0 Å². The first-order valence-electron chi connectivity index (χ1n) is 5.81. The van der Waals surface area contributed by atoms with Crippen LogP contribution in [0.15, 0.2) is 12.1 Å². The maximum Gasteiger partial charge on any atom is 0.271 e. The number of hydrogen-bond acceptors (Lipinski definition) is 3. The van der Waals surface area contributed by atoms with Crippen LogP contribution in [-0.2, 0) is 0 Å². The summed E-state index contributed by atoms with van der Waals surface area (Å²) in [6, 6.07) is 3.31. The van der Waals surface area contributed by atoms with E-state index in [9.17, 15) is 4.79 Å². The SMILES string of the molecule is CCCC(CC)NC(=O)c1nc(N)ccc1Cl. The molecule has 0 aliphatic heterocycles. The Kier molecular flexibility index (Phi) is 5.22. The highest BCUT2D eigenvalue weighted by atomic mass is 35.5. The van der Waals surface area contributed by atoms with Crippen LogP contribution >= 0.6 is 11.6 Å². The minimum Gasteiger partial charge on any atom is -0.384 e. The van der Waals surface area contributed by atoms with Crippen molar-refractivity contribution in [2.45, 2.75) is 39.2 Å². The zero-order chi connectivity index (χ0) is 12.8. The summed E-state index contributed by atoms with van der Waals surface area (Å²) in [6.07, 6.45) is 2.86. The van der Waals surface area contributed by atoms with E-state index in [4.69, 9.17) is 17.3 Å². The van der Waals surface area contributed by atoms with E-state index >= 15 is 0 Å². The van der Waals surface area contributed by atoms with Crippen molar-refractivity contribution in [2.75, 3.05) is 5.73 Å².